The number of benzene rings is 1. The number of hydrogen-bond acceptors (Lipinski definition) is 2. The third-order valence-electron chi connectivity index (χ3n) is 2.73. The molecule has 4 heteroatoms. The van der Waals surface area contributed by atoms with Crippen LogP contribution in [0.25, 0.3) is 10.9 Å². The lowest BCUT2D eigenvalue weighted by Crippen LogP contribution is -1.88. The molecule has 15 heavy (non-hydrogen) atoms. The van der Waals surface area contributed by atoms with Crippen LogP contribution in [0.3, 0.4) is 0 Å². The minimum absolute atomic E-state index is 0.148. The molecular weight excluding hydrogens is 192 g/mol. The number of para-hydroxylation sites is 1. The summed E-state index contributed by atoms with van der Waals surface area (Å²) >= 11 is 0. The molecular formula is C11H12N2O2. The van der Waals surface area contributed by atoms with Gasteiger partial charge in [-0.1, -0.05) is 19.1 Å². The first kappa shape index (κ1) is 9.71. The van der Waals surface area contributed by atoms with E-state index in [2.05, 4.69) is 4.98 Å². The number of aryl methyl sites for hydroxylation is 2. The molecule has 0 radical (unpaired) electrons. The number of non-ortho nitro benzene ring substituents is 1. The largest absolute Gasteiger partial charge is 0.353 e. The van der Waals surface area contributed by atoms with Gasteiger partial charge in [-0.15, -0.1) is 0 Å². The maximum Gasteiger partial charge on any atom is 0.293 e. The number of nitrogens with zero attached hydrogens (tertiary/aromatic N) is 1. The Morgan fingerprint density at radius 3 is 2.80 bits per heavy atom. The van der Waals surface area contributed by atoms with Crippen LogP contribution in [0.2, 0.25) is 0 Å². The van der Waals surface area contributed by atoms with Crippen LogP contribution in [0, 0.1) is 17.0 Å². The molecule has 4 nitrogen and oxygen atoms in total. The summed E-state index contributed by atoms with van der Waals surface area (Å²) in [5.74, 6) is 0. The quantitative estimate of drug-likeness (QED) is 0.604. The van der Waals surface area contributed by atoms with Gasteiger partial charge in [0.2, 0.25) is 0 Å². The van der Waals surface area contributed by atoms with Gasteiger partial charge in [0.15, 0.2) is 0 Å². The molecule has 0 amide bonds. The van der Waals surface area contributed by atoms with Gasteiger partial charge in [-0.3, -0.25) is 10.1 Å². The van der Waals surface area contributed by atoms with Gasteiger partial charge in [0.25, 0.3) is 5.69 Å². The summed E-state index contributed by atoms with van der Waals surface area (Å²) in [5, 5.41) is 11.8. The summed E-state index contributed by atoms with van der Waals surface area (Å²) in [6.07, 6.45) is 0.859. The first-order valence-electron chi connectivity index (χ1n) is 4.89. The van der Waals surface area contributed by atoms with E-state index in [4.69, 9.17) is 0 Å². The zero-order valence-electron chi connectivity index (χ0n) is 8.70. The van der Waals surface area contributed by atoms with E-state index in [-0.39, 0.29) is 10.6 Å². The maximum atomic E-state index is 10.8. The lowest BCUT2D eigenvalue weighted by Gasteiger charge is -1.93. The SMILES string of the molecule is CCc1[nH]c2c([N+](=O)[O-])cccc2c1C. The van der Waals surface area contributed by atoms with Gasteiger partial charge in [0.1, 0.15) is 5.52 Å². The predicted molar refractivity (Wildman–Crippen MR) is 59.1 cm³/mol. The van der Waals surface area contributed by atoms with Crippen molar-refractivity contribution in [1.82, 2.24) is 4.98 Å². The standard InChI is InChI=1S/C11H12N2O2/c1-3-9-7(2)8-5-4-6-10(13(14)15)11(8)12-9/h4-6,12H,3H2,1-2H3. The zero-order valence-corrected chi connectivity index (χ0v) is 8.70. The fourth-order valence-electron chi connectivity index (χ4n) is 1.90. The molecule has 2 aromatic rings. The fourth-order valence-corrected chi connectivity index (χ4v) is 1.90. The van der Waals surface area contributed by atoms with E-state index in [1.165, 1.54) is 6.07 Å². The van der Waals surface area contributed by atoms with Crippen molar-refractivity contribution in [2.45, 2.75) is 20.3 Å². The molecule has 78 valence electrons. The fraction of sp³-hybridized carbons (Fsp3) is 0.273. The Morgan fingerprint density at radius 2 is 2.20 bits per heavy atom. The second-order valence-corrected chi connectivity index (χ2v) is 3.54. The summed E-state index contributed by atoms with van der Waals surface area (Å²) < 4.78 is 0. The van der Waals surface area contributed by atoms with E-state index in [9.17, 15) is 10.1 Å². The second-order valence-electron chi connectivity index (χ2n) is 3.54. The minimum atomic E-state index is -0.349. The van der Waals surface area contributed by atoms with Crippen molar-refractivity contribution in [2.24, 2.45) is 0 Å². The summed E-state index contributed by atoms with van der Waals surface area (Å²) in [6.45, 7) is 4.02. The lowest BCUT2D eigenvalue weighted by molar-refractivity contribution is -0.383. The molecule has 0 bridgehead atoms. The number of hydrogen-bond donors (Lipinski definition) is 1. The molecule has 0 saturated carbocycles. The van der Waals surface area contributed by atoms with Crippen molar-refractivity contribution in [3.8, 4) is 0 Å². The Morgan fingerprint density at radius 1 is 1.47 bits per heavy atom. The first-order valence-corrected chi connectivity index (χ1v) is 4.89. The van der Waals surface area contributed by atoms with Crippen LogP contribution in [0.5, 0.6) is 0 Å². The van der Waals surface area contributed by atoms with Crippen molar-refractivity contribution in [1.29, 1.82) is 0 Å². The molecule has 0 aliphatic carbocycles. The lowest BCUT2D eigenvalue weighted by atomic mass is 10.1. The Balaban J connectivity index is 2.81. The first-order chi connectivity index (χ1) is 7.15. The van der Waals surface area contributed by atoms with Gasteiger partial charge in [-0.2, -0.15) is 0 Å². The van der Waals surface area contributed by atoms with Crippen molar-refractivity contribution < 1.29 is 4.92 Å². The highest BCUT2D eigenvalue weighted by molar-refractivity contribution is 5.91. The highest BCUT2D eigenvalue weighted by atomic mass is 16.6. The van der Waals surface area contributed by atoms with Crippen LogP contribution in [0.1, 0.15) is 18.2 Å². The molecule has 0 aliphatic rings. The third-order valence-corrected chi connectivity index (χ3v) is 2.73. The number of aromatic nitrogens is 1. The second kappa shape index (κ2) is 3.38. The van der Waals surface area contributed by atoms with Gasteiger partial charge < -0.3 is 4.98 Å². The van der Waals surface area contributed by atoms with E-state index in [0.29, 0.717) is 5.52 Å². The van der Waals surface area contributed by atoms with E-state index in [0.717, 1.165) is 23.1 Å². The normalized spacial score (nSPS) is 10.8. The van der Waals surface area contributed by atoms with E-state index < -0.39 is 0 Å². The number of rotatable bonds is 2. The predicted octanol–water partition coefficient (Wildman–Crippen LogP) is 2.95. The summed E-state index contributed by atoms with van der Waals surface area (Å²) in [6, 6.07) is 5.16. The van der Waals surface area contributed by atoms with E-state index in [1.54, 1.807) is 6.07 Å². The number of H-pyrrole nitrogens is 1. The van der Waals surface area contributed by atoms with Crippen LogP contribution in [0.4, 0.5) is 5.69 Å². The van der Waals surface area contributed by atoms with Crippen molar-refractivity contribution in [3.05, 3.63) is 39.6 Å². The number of nitrogens with one attached hydrogen (secondary N) is 1. The Kier molecular flexibility index (Phi) is 2.19. The van der Waals surface area contributed by atoms with Crippen molar-refractivity contribution in [2.75, 3.05) is 0 Å². The Bertz CT molecular complexity index is 529. The van der Waals surface area contributed by atoms with Gasteiger partial charge >= 0.3 is 0 Å². The van der Waals surface area contributed by atoms with Crippen molar-refractivity contribution in [3.63, 3.8) is 0 Å². The van der Waals surface area contributed by atoms with Crippen molar-refractivity contribution >= 4 is 16.6 Å². The van der Waals surface area contributed by atoms with Crippen LogP contribution >= 0.6 is 0 Å². The molecule has 2 rings (SSSR count). The Labute approximate surface area is 87.1 Å². The molecule has 1 aromatic heterocycles. The molecule has 0 spiro atoms. The smallest absolute Gasteiger partial charge is 0.293 e. The topological polar surface area (TPSA) is 58.9 Å². The average Bonchev–Trinajstić information content (AvgIpc) is 2.55. The molecule has 1 aromatic carbocycles. The molecule has 0 fully saturated rings. The summed E-state index contributed by atoms with van der Waals surface area (Å²) in [7, 11) is 0. The number of nitro groups is 1. The molecule has 0 aliphatic heterocycles. The molecule has 0 saturated heterocycles. The van der Waals surface area contributed by atoms with Crippen LogP contribution in [-0.4, -0.2) is 9.91 Å². The van der Waals surface area contributed by atoms with Gasteiger partial charge in [0.05, 0.1) is 4.92 Å². The monoisotopic (exact) mass is 204 g/mol. The number of nitro benzene ring substituents is 1. The van der Waals surface area contributed by atoms with Crippen LogP contribution in [-0.2, 0) is 6.42 Å². The average molecular weight is 204 g/mol. The molecule has 1 heterocycles. The van der Waals surface area contributed by atoms with Gasteiger partial charge in [-0.25, -0.2) is 0 Å². The zero-order chi connectivity index (χ0) is 11.0. The molecule has 0 atom stereocenters. The van der Waals surface area contributed by atoms with Gasteiger partial charge in [-0.05, 0) is 18.9 Å². The van der Waals surface area contributed by atoms with E-state index >= 15 is 0 Å². The Hall–Kier alpha value is -1.84. The van der Waals surface area contributed by atoms with Crippen LogP contribution in [0.15, 0.2) is 18.2 Å². The highest BCUT2D eigenvalue weighted by Gasteiger charge is 2.15. The maximum absolute atomic E-state index is 10.8. The van der Waals surface area contributed by atoms with E-state index in [1.807, 2.05) is 19.9 Å². The number of fused-ring (bicyclic) bond motifs is 1. The minimum Gasteiger partial charge on any atom is -0.353 e. The molecule has 0 unspecified atom stereocenters. The van der Waals surface area contributed by atoms with Gasteiger partial charge in [0, 0.05) is 17.1 Å². The highest BCUT2D eigenvalue weighted by Crippen LogP contribution is 2.29. The summed E-state index contributed by atoms with van der Waals surface area (Å²) in [5.41, 5.74) is 2.96. The summed E-state index contributed by atoms with van der Waals surface area (Å²) in [4.78, 5) is 13.6. The number of aromatic amines is 1. The molecule has 1 N–H and O–H groups in total. The van der Waals surface area contributed by atoms with Crippen LogP contribution < -0.4 is 0 Å². The third kappa shape index (κ3) is 1.38.